The number of benzene rings is 1. The maximum absolute atomic E-state index is 12.2. The van der Waals surface area contributed by atoms with Gasteiger partial charge in [0.15, 0.2) is 6.61 Å². The highest BCUT2D eigenvalue weighted by atomic mass is 35.5. The van der Waals surface area contributed by atoms with Gasteiger partial charge in [-0.2, -0.15) is 0 Å². The van der Waals surface area contributed by atoms with Gasteiger partial charge < -0.3 is 19.7 Å². The Labute approximate surface area is 146 Å². The number of amides is 1. The second-order valence-electron chi connectivity index (χ2n) is 5.35. The Bertz CT molecular complexity index is 584. The highest BCUT2D eigenvalue weighted by molar-refractivity contribution is 5.85. The van der Waals surface area contributed by atoms with Crippen LogP contribution in [0.1, 0.15) is 12.8 Å². The van der Waals surface area contributed by atoms with E-state index >= 15 is 0 Å². The van der Waals surface area contributed by atoms with E-state index in [-0.39, 0.29) is 36.4 Å². The molecule has 1 aromatic rings. The first-order valence-electron chi connectivity index (χ1n) is 7.45. The third kappa shape index (κ3) is 4.97. The Kier molecular flexibility index (Phi) is 7.73. The van der Waals surface area contributed by atoms with Gasteiger partial charge in [0.25, 0.3) is 5.91 Å². The highest BCUT2D eigenvalue weighted by Gasteiger charge is 2.23. The maximum Gasteiger partial charge on any atom is 0.311 e. The zero-order valence-electron chi connectivity index (χ0n) is 13.7. The van der Waals surface area contributed by atoms with Crippen molar-refractivity contribution in [2.45, 2.75) is 18.9 Å². The molecule has 9 heteroatoms. The summed E-state index contributed by atoms with van der Waals surface area (Å²) in [5, 5.41) is 14.0. The first kappa shape index (κ1) is 20.0. The molecule has 1 aliphatic heterocycles. The van der Waals surface area contributed by atoms with E-state index in [2.05, 4.69) is 5.32 Å². The van der Waals surface area contributed by atoms with Gasteiger partial charge in [-0.25, -0.2) is 0 Å². The molecule has 0 bridgehead atoms. The predicted octanol–water partition coefficient (Wildman–Crippen LogP) is 1.61. The number of ether oxygens (including phenoxy) is 2. The van der Waals surface area contributed by atoms with Gasteiger partial charge in [-0.1, -0.05) is 0 Å². The summed E-state index contributed by atoms with van der Waals surface area (Å²) in [7, 11) is 3.24. The number of hydrogen-bond donors (Lipinski definition) is 1. The predicted molar refractivity (Wildman–Crippen MR) is 91.1 cm³/mol. The van der Waals surface area contributed by atoms with Gasteiger partial charge >= 0.3 is 5.69 Å². The molecule has 1 saturated heterocycles. The summed E-state index contributed by atoms with van der Waals surface area (Å²) >= 11 is 0. The second-order valence-corrected chi connectivity index (χ2v) is 5.35. The Morgan fingerprint density at radius 2 is 2.25 bits per heavy atom. The zero-order chi connectivity index (χ0) is 16.8. The van der Waals surface area contributed by atoms with Crippen LogP contribution in [0.2, 0.25) is 0 Å². The third-order valence-electron chi connectivity index (χ3n) is 3.89. The number of piperidine rings is 1. The van der Waals surface area contributed by atoms with E-state index < -0.39 is 4.92 Å². The number of halogens is 1. The summed E-state index contributed by atoms with van der Waals surface area (Å²) in [5.74, 6) is 0.374. The number of methoxy groups -OCH3 is 1. The molecule has 0 saturated carbocycles. The number of carbonyl (C=O) groups is 1. The first-order chi connectivity index (χ1) is 11.0. The molecule has 0 aromatic heterocycles. The molecule has 1 unspecified atom stereocenters. The number of nitrogens with zero attached hydrogens (tertiary/aromatic N) is 2. The van der Waals surface area contributed by atoms with Crippen LogP contribution >= 0.6 is 12.4 Å². The van der Waals surface area contributed by atoms with Gasteiger partial charge in [-0.15, -0.1) is 12.4 Å². The minimum atomic E-state index is -0.528. The molecule has 1 aliphatic rings. The van der Waals surface area contributed by atoms with Crippen LogP contribution in [-0.2, 0) is 4.79 Å². The fourth-order valence-electron chi connectivity index (χ4n) is 2.57. The fourth-order valence-corrected chi connectivity index (χ4v) is 2.57. The van der Waals surface area contributed by atoms with E-state index in [0.717, 1.165) is 19.4 Å². The fraction of sp³-hybridized carbons (Fsp3) is 0.533. The molecular weight excluding hydrogens is 338 g/mol. The highest BCUT2D eigenvalue weighted by Crippen LogP contribution is 2.30. The van der Waals surface area contributed by atoms with Crippen molar-refractivity contribution in [1.82, 2.24) is 10.2 Å². The normalized spacial score (nSPS) is 16.9. The Hall–Kier alpha value is -2.06. The lowest BCUT2D eigenvalue weighted by molar-refractivity contribution is -0.385. The van der Waals surface area contributed by atoms with Gasteiger partial charge in [-0.3, -0.25) is 14.9 Å². The summed E-state index contributed by atoms with van der Waals surface area (Å²) in [5.41, 5.74) is -0.140. The summed E-state index contributed by atoms with van der Waals surface area (Å²) < 4.78 is 10.4. The van der Waals surface area contributed by atoms with E-state index in [4.69, 9.17) is 9.47 Å². The van der Waals surface area contributed by atoms with Crippen molar-refractivity contribution >= 4 is 24.0 Å². The van der Waals surface area contributed by atoms with Crippen LogP contribution in [-0.4, -0.2) is 55.6 Å². The number of nitro benzene ring substituents is 1. The number of carbonyl (C=O) groups excluding carboxylic acids is 1. The second kappa shape index (κ2) is 9.29. The van der Waals surface area contributed by atoms with Crippen LogP contribution in [0.15, 0.2) is 18.2 Å². The first-order valence-corrected chi connectivity index (χ1v) is 7.45. The van der Waals surface area contributed by atoms with E-state index in [0.29, 0.717) is 18.3 Å². The van der Waals surface area contributed by atoms with E-state index in [1.54, 1.807) is 4.90 Å². The average molecular weight is 360 g/mol. The Morgan fingerprint density at radius 1 is 1.50 bits per heavy atom. The summed E-state index contributed by atoms with van der Waals surface area (Å²) in [6.07, 6.45) is 2.02. The third-order valence-corrected chi connectivity index (χ3v) is 3.89. The zero-order valence-corrected chi connectivity index (χ0v) is 14.5. The average Bonchev–Trinajstić information content (AvgIpc) is 2.59. The van der Waals surface area contributed by atoms with Crippen molar-refractivity contribution in [3.05, 3.63) is 28.3 Å². The summed E-state index contributed by atoms with van der Waals surface area (Å²) in [6.45, 7) is 1.30. The van der Waals surface area contributed by atoms with Crippen LogP contribution in [0.3, 0.4) is 0 Å². The molecule has 1 aromatic carbocycles. The van der Waals surface area contributed by atoms with Crippen molar-refractivity contribution in [3.63, 3.8) is 0 Å². The molecule has 1 fully saturated rings. The summed E-state index contributed by atoms with van der Waals surface area (Å²) in [6, 6.07) is 4.49. The molecule has 2 rings (SSSR count). The molecule has 0 aliphatic carbocycles. The van der Waals surface area contributed by atoms with Crippen LogP contribution in [0.25, 0.3) is 0 Å². The lowest BCUT2D eigenvalue weighted by Crippen LogP contribution is -2.48. The molecule has 1 atom stereocenters. The van der Waals surface area contributed by atoms with Gasteiger partial charge in [-0.05, 0) is 26.0 Å². The van der Waals surface area contributed by atoms with Crippen LogP contribution in [0, 0.1) is 10.1 Å². The molecule has 134 valence electrons. The number of rotatable bonds is 6. The molecular formula is C15H22ClN3O5. The van der Waals surface area contributed by atoms with Gasteiger partial charge in [0, 0.05) is 31.3 Å². The molecule has 0 radical (unpaired) electrons. The Balaban J connectivity index is 0.00000288. The minimum absolute atomic E-state index is 0. The SMILES string of the molecule is CNC1CCCN(C(=O)COc2ccc([N+](=O)[O-])c(OC)c2)C1.Cl. The van der Waals surface area contributed by atoms with Crippen LogP contribution in [0.4, 0.5) is 5.69 Å². The molecule has 1 amide bonds. The van der Waals surface area contributed by atoms with E-state index in [1.165, 1.54) is 25.3 Å². The lowest BCUT2D eigenvalue weighted by Gasteiger charge is -2.32. The van der Waals surface area contributed by atoms with Crippen molar-refractivity contribution in [3.8, 4) is 11.5 Å². The number of likely N-dealkylation sites (tertiary alicyclic amines) is 1. The number of likely N-dealkylation sites (N-methyl/N-ethyl adjacent to an activating group) is 1. The van der Waals surface area contributed by atoms with Gasteiger partial charge in [0.1, 0.15) is 5.75 Å². The minimum Gasteiger partial charge on any atom is -0.490 e. The maximum atomic E-state index is 12.2. The van der Waals surface area contributed by atoms with Gasteiger partial charge in [0.05, 0.1) is 12.0 Å². The lowest BCUT2D eigenvalue weighted by atomic mass is 10.1. The monoisotopic (exact) mass is 359 g/mol. The smallest absolute Gasteiger partial charge is 0.311 e. The molecule has 0 spiro atoms. The Morgan fingerprint density at radius 3 is 2.88 bits per heavy atom. The number of nitrogens with one attached hydrogen (secondary N) is 1. The molecule has 24 heavy (non-hydrogen) atoms. The van der Waals surface area contributed by atoms with Crippen LogP contribution < -0.4 is 14.8 Å². The van der Waals surface area contributed by atoms with E-state index in [1.807, 2.05) is 7.05 Å². The largest absolute Gasteiger partial charge is 0.490 e. The van der Waals surface area contributed by atoms with Crippen LogP contribution in [0.5, 0.6) is 11.5 Å². The van der Waals surface area contributed by atoms with Crippen molar-refractivity contribution in [1.29, 1.82) is 0 Å². The van der Waals surface area contributed by atoms with Crippen molar-refractivity contribution in [2.75, 3.05) is 33.9 Å². The number of nitro groups is 1. The molecule has 1 N–H and O–H groups in total. The standard InChI is InChI=1S/C15H21N3O5.ClH/c1-16-11-4-3-7-17(9-11)15(19)10-23-12-5-6-13(18(20)21)14(8-12)22-2;/h5-6,8,11,16H,3-4,7,9-10H2,1-2H3;1H. The molecule has 1 heterocycles. The van der Waals surface area contributed by atoms with Crippen molar-refractivity contribution in [2.24, 2.45) is 0 Å². The van der Waals surface area contributed by atoms with Crippen molar-refractivity contribution < 1.29 is 19.2 Å². The van der Waals surface area contributed by atoms with E-state index in [9.17, 15) is 14.9 Å². The molecule has 8 nitrogen and oxygen atoms in total. The quantitative estimate of drug-likeness (QED) is 0.612. The summed E-state index contributed by atoms with van der Waals surface area (Å²) in [4.78, 5) is 24.3. The number of hydrogen-bond acceptors (Lipinski definition) is 6. The topological polar surface area (TPSA) is 93.9 Å². The van der Waals surface area contributed by atoms with Gasteiger partial charge in [0.2, 0.25) is 5.75 Å².